The number of hydrogen-bond donors (Lipinski definition) is 2. The summed E-state index contributed by atoms with van der Waals surface area (Å²) in [5, 5.41) is 3.30. The number of nitrogens with two attached hydrogens (primary N) is 1. The number of piperidine rings is 1. The summed E-state index contributed by atoms with van der Waals surface area (Å²) in [5.41, 5.74) is 6.56. The topological polar surface area (TPSA) is 67.6 Å². The molecule has 6 heteroatoms. The molecule has 1 fully saturated rings. The summed E-state index contributed by atoms with van der Waals surface area (Å²) in [5.74, 6) is 1.76. The van der Waals surface area contributed by atoms with Crippen LogP contribution in [0.3, 0.4) is 0 Å². The number of hydrogen-bond acceptors (Lipinski definition) is 4. The molecule has 0 aliphatic carbocycles. The van der Waals surface area contributed by atoms with Gasteiger partial charge in [-0.3, -0.25) is 4.79 Å². The van der Waals surface area contributed by atoms with Crippen LogP contribution in [0.1, 0.15) is 37.0 Å². The van der Waals surface area contributed by atoms with Crippen LogP contribution in [0.25, 0.3) is 0 Å². The Labute approximate surface area is 149 Å². The van der Waals surface area contributed by atoms with Crippen LogP contribution >= 0.6 is 11.6 Å². The molecule has 1 amide bonds. The zero-order valence-corrected chi connectivity index (χ0v) is 15.5. The minimum absolute atomic E-state index is 0.186. The normalized spacial score (nSPS) is 21.5. The van der Waals surface area contributed by atoms with Crippen LogP contribution in [-0.4, -0.2) is 44.1 Å². The van der Waals surface area contributed by atoms with Gasteiger partial charge in [0.25, 0.3) is 5.91 Å². The number of amides is 1. The second-order valence-corrected chi connectivity index (χ2v) is 7.30. The number of ether oxygens (including phenoxy) is 1. The highest BCUT2D eigenvalue weighted by Gasteiger charge is 2.21. The molecule has 5 nitrogen and oxygen atoms in total. The molecule has 2 rings (SSSR count). The Bertz CT molecular complexity index is 570. The number of anilines is 1. The predicted molar refractivity (Wildman–Crippen MR) is 98.8 cm³/mol. The van der Waals surface area contributed by atoms with Gasteiger partial charge in [-0.15, -0.1) is 0 Å². The number of methoxy groups -OCH3 is 1. The van der Waals surface area contributed by atoms with E-state index in [1.165, 1.54) is 13.5 Å². The zero-order valence-electron chi connectivity index (χ0n) is 14.8. The molecule has 1 saturated heterocycles. The van der Waals surface area contributed by atoms with Gasteiger partial charge in [-0.2, -0.15) is 0 Å². The number of halogens is 1. The molecule has 24 heavy (non-hydrogen) atoms. The number of likely N-dealkylation sites (tertiary alicyclic amines) is 1. The summed E-state index contributed by atoms with van der Waals surface area (Å²) in [6.07, 6.45) is 2.24. The van der Waals surface area contributed by atoms with E-state index in [9.17, 15) is 4.79 Å². The highest BCUT2D eigenvalue weighted by atomic mass is 35.5. The molecule has 134 valence electrons. The van der Waals surface area contributed by atoms with E-state index in [1.54, 1.807) is 12.1 Å². The minimum atomic E-state index is -0.186. The van der Waals surface area contributed by atoms with Crippen LogP contribution < -0.4 is 15.8 Å². The van der Waals surface area contributed by atoms with Crippen molar-refractivity contribution in [2.75, 3.05) is 39.0 Å². The Hall–Kier alpha value is -1.46. The molecule has 0 aromatic heterocycles. The largest absolute Gasteiger partial charge is 0.496 e. The summed E-state index contributed by atoms with van der Waals surface area (Å²) in [4.78, 5) is 14.8. The molecule has 0 radical (unpaired) electrons. The lowest BCUT2D eigenvalue weighted by Crippen LogP contribution is -2.40. The highest BCUT2D eigenvalue weighted by molar-refractivity contribution is 6.33. The number of nitrogens with zero attached hydrogens (tertiary/aromatic N) is 1. The number of nitrogen functional groups attached to an aromatic ring is 1. The Kier molecular flexibility index (Phi) is 6.75. The number of carbonyl (C=O) groups is 1. The van der Waals surface area contributed by atoms with E-state index >= 15 is 0 Å². The van der Waals surface area contributed by atoms with Gasteiger partial charge in [-0.25, -0.2) is 0 Å². The second-order valence-electron chi connectivity index (χ2n) is 6.89. The van der Waals surface area contributed by atoms with Crippen molar-refractivity contribution >= 4 is 23.2 Å². The van der Waals surface area contributed by atoms with Gasteiger partial charge in [-0.1, -0.05) is 25.4 Å². The van der Waals surface area contributed by atoms with Crippen molar-refractivity contribution in [1.29, 1.82) is 0 Å². The van der Waals surface area contributed by atoms with Crippen molar-refractivity contribution in [3.63, 3.8) is 0 Å². The van der Waals surface area contributed by atoms with E-state index in [0.29, 0.717) is 28.6 Å². The van der Waals surface area contributed by atoms with Gasteiger partial charge in [0.15, 0.2) is 0 Å². The van der Waals surface area contributed by atoms with Crippen LogP contribution in [0.5, 0.6) is 5.75 Å². The summed E-state index contributed by atoms with van der Waals surface area (Å²) in [6, 6.07) is 3.13. The number of rotatable bonds is 6. The summed E-state index contributed by atoms with van der Waals surface area (Å²) >= 11 is 6.01. The maximum Gasteiger partial charge on any atom is 0.255 e. The molecule has 1 aliphatic rings. The third-order valence-corrected chi connectivity index (χ3v) is 4.77. The molecule has 0 spiro atoms. The lowest BCUT2D eigenvalue weighted by atomic mass is 9.92. The fraction of sp³-hybridized carbons (Fsp3) is 0.611. The second kappa shape index (κ2) is 8.58. The lowest BCUT2D eigenvalue weighted by molar-refractivity contribution is 0.0944. The minimum Gasteiger partial charge on any atom is -0.496 e. The van der Waals surface area contributed by atoms with E-state index in [-0.39, 0.29) is 5.91 Å². The van der Waals surface area contributed by atoms with Crippen molar-refractivity contribution in [1.82, 2.24) is 10.2 Å². The standard InChI is InChI=1S/C18H28ClN3O2/c1-12-7-13(2)11-22(10-12)6-4-5-21-18(23)14-8-15(19)16(20)9-17(14)24-3/h8-9,12-13H,4-7,10-11,20H2,1-3H3,(H,21,23). The maximum absolute atomic E-state index is 12.3. The average molecular weight is 354 g/mol. The summed E-state index contributed by atoms with van der Waals surface area (Å²) < 4.78 is 5.22. The maximum atomic E-state index is 12.3. The summed E-state index contributed by atoms with van der Waals surface area (Å²) in [6.45, 7) is 8.56. The average Bonchev–Trinajstić information content (AvgIpc) is 2.52. The number of nitrogens with one attached hydrogen (secondary N) is 1. The van der Waals surface area contributed by atoms with Gasteiger partial charge in [-0.05, 0) is 37.3 Å². The van der Waals surface area contributed by atoms with Gasteiger partial charge in [0.1, 0.15) is 5.75 Å². The molecule has 0 saturated carbocycles. The molecular formula is C18H28ClN3O2. The monoisotopic (exact) mass is 353 g/mol. The molecular weight excluding hydrogens is 326 g/mol. The van der Waals surface area contributed by atoms with Gasteiger partial charge in [0.05, 0.1) is 23.4 Å². The number of carbonyl (C=O) groups excluding carboxylic acids is 1. The van der Waals surface area contributed by atoms with Crippen LogP contribution in [0.15, 0.2) is 12.1 Å². The SMILES string of the molecule is COc1cc(N)c(Cl)cc1C(=O)NCCCN1CC(C)CC(C)C1. The smallest absolute Gasteiger partial charge is 0.255 e. The van der Waals surface area contributed by atoms with E-state index in [4.69, 9.17) is 22.1 Å². The third kappa shape index (κ3) is 5.02. The fourth-order valence-corrected chi connectivity index (χ4v) is 3.65. The molecule has 2 atom stereocenters. The Morgan fingerprint density at radius 3 is 2.67 bits per heavy atom. The molecule has 1 aliphatic heterocycles. The van der Waals surface area contributed by atoms with Crippen molar-refractivity contribution in [3.8, 4) is 5.75 Å². The highest BCUT2D eigenvalue weighted by Crippen LogP contribution is 2.28. The van der Waals surface area contributed by atoms with Crippen LogP contribution in [-0.2, 0) is 0 Å². The van der Waals surface area contributed by atoms with Crippen LogP contribution in [0.4, 0.5) is 5.69 Å². The first kappa shape index (κ1) is 18.9. The van der Waals surface area contributed by atoms with Gasteiger partial charge in [0, 0.05) is 25.7 Å². The quantitative estimate of drug-likeness (QED) is 0.609. The van der Waals surface area contributed by atoms with E-state index in [2.05, 4.69) is 24.1 Å². The first-order chi connectivity index (χ1) is 11.4. The van der Waals surface area contributed by atoms with E-state index < -0.39 is 0 Å². The molecule has 1 heterocycles. The number of benzene rings is 1. The zero-order chi connectivity index (χ0) is 17.7. The Morgan fingerprint density at radius 2 is 2.04 bits per heavy atom. The van der Waals surface area contributed by atoms with Crippen molar-refractivity contribution in [2.45, 2.75) is 26.7 Å². The first-order valence-electron chi connectivity index (χ1n) is 8.54. The Morgan fingerprint density at radius 1 is 1.38 bits per heavy atom. The van der Waals surface area contributed by atoms with Crippen LogP contribution in [0, 0.1) is 11.8 Å². The van der Waals surface area contributed by atoms with Crippen LogP contribution in [0.2, 0.25) is 5.02 Å². The van der Waals surface area contributed by atoms with Gasteiger partial charge in [0.2, 0.25) is 0 Å². The van der Waals surface area contributed by atoms with E-state index in [0.717, 1.165) is 37.9 Å². The van der Waals surface area contributed by atoms with Gasteiger partial charge < -0.3 is 20.7 Å². The van der Waals surface area contributed by atoms with Crippen molar-refractivity contribution in [2.24, 2.45) is 11.8 Å². The molecule has 0 bridgehead atoms. The lowest BCUT2D eigenvalue weighted by Gasteiger charge is -2.34. The summed E-state index contributed by atoms with van der Waals surface area (Å²) in [7, 11) is 1.51. The molecule has 1 aromatic rings. The molecule has 1 aromatic carbocycles. The van der Waals surface area contributed by atoms with Crippen molar-refractivity contribution < 1.29 is 9.53 Å². The first-order valence-corrected chi connectivity index (χ1v) is 8.92. The molecule has 3 N–H and O–H groups in total. The fourth-order valence-electron chi connectivity index (χ4n) is 3.49. The van der Waals surface area contributed by atoms with Gasteiger partial charge >= 0.3 is 0 Å². The van der Waals surface area contributed by atoms with E-state index in [1.807, 2.05) is 0 Å². The predicted octanol–water partition coefficient (Wildman–Crippen LogP) is 3.03. The van der Waals surface area contributed by atoms with Crippen molar-refractivity contribution in [3.05, 3.63) is 22.7 Å². The Balaban J connectivity index is 1.82. The molecule has 2 unspecified atom stereocenters. The third-order valence-electron chi connectivity index (χ3n) is 4.44.